The van der Waals surface area contributed by atoms with Gasteiger partial charge in [-0.25, -0.2) is 4.79 Å². The maximum Gasteiger partial charge on any atom is 0.339 e. The van der Waals surface area contributed by atoms with E-state index in [1.165, 1.54) is 24.3 Å². The second-order valence-corrected chi connectivity index (χ2v) is 4.61. The molecule has 0 saturated carbocycles. The van der Waals surface area contributed by atoms with Crippen molar-refractivity contribution >= 4 is 17.8 Å². The molecule has 0 unspecified atom stereocenters. The number of ketones is 1. The number of carboxylic acid groups (broad SMARTS) is 1. The van der Waals surface area contributed by atoms with Gasteiger partial charge in [0.05, 0.1) is 5.56 Å². The Morgan fingerprint density at radius 2 is 1.43 bits per heavy atom. The first kappa shape index (κ1) is 15.9. The number of phenols is 4. The summed E-state index contributed by atoms with van der Waals surface area (Å²) < 4.78 is 0. The fraction of sp³-hybridized carbons (Fsp3) is 0. The minimum Gasteiger partial charge on any atom is -0.504 e. The third-order valence-corrected chi connectivity index (χ3v) is 3.07. The first-order chi connectivity index (χ1) is 10.8. The van der Waals surface area contributed by atoms with Gasteiger partial charge in [0.15, 0.2) is 28.8 Å². The predicted molar refractivity (Wildman–Crippen MR) is 79.9 cm³/mol. The highest BCUT2D eigenvalue weighted by molar-refractivity contribution is 6.10. The minimum absolute atomic E-state index is 0.272. The number of aromatic hydroxyl groups is 4. The number of hydrogen-bond acceptors (Lipinski definition) is 6. The molecular weight excluding hydrogens is 304 g/mol. The van der Waals surface area contributed by atoms with Crippen LogP contribution >= 0.6 is 0 Å². The SMILES string of the molecule is O=C(O)c1ccc(C(=O)/C=C/c2ccc(O)c(O)c2)c(O)c1O. The van der Waals surface area contributed by atoms with Crippen LogP contribution in [0.3, 0.4) is 0 Å². The van der Waals surface area contributed by atoms with E-state index < -0.39 is 28.8 Å². The number of hydrogen-bond donors (Lipinski definition) is 5. The van der Waals surface area contributed by atoms with Crippen LogP contribution in [0.1, 0.15) is 26.3 Å². The van der Waals surface area contributed by atoms with E-state index >= 15 is 0 Å². The lowest BCUT2D eigenvalue weighted by Gasteiger charge is -2.06. The van der Waals surface area contributed by atoms with Crippen LogP contribution in [0.2, 0.25) is 0 Å². The molecule has 2 aromatic carbocycles. The van der Waals surface area contributed by atoms with Crippen molar-refractivity contribution in [2.45, 2.75) is 0 Å². The Labute approximate surface area is 130 Å². The zero-order valence-electron chi connectivity index (χ0n) is 11.6. The van der Waals surface area contributed by atoms with Crippen LogP contribution in [0.15, 0.2) is 36.4 Å². The Kier molecular flexibility index (Phi) is 4.22. The molecule has 7 heteroatoms. The van der Waals surface area contributed by atoms with Gasteiger partial charge in [0.2, 0.25) is 0 Å². The number of rotatable bonds is 4. The van der Waals surface area contributed by atoms with E-state index in [4.69, 9.17) is 5.11 Å². The molecule has 0 atom stereocenters. The van der Waals surface area contributed by atoms with Crippen LogP contribution in [0.4, 0.5) is 0 Å². The minimum atomic E-state index is -1.44. The highest BCUT2D eigenvalue weighted by Crippen LogP contribution is 2.33. The Bertz CT molecular complexity index is 821. The zero-order chi connectivity index (χ0) is 17.1. The smallest absolute Gasteiger partial charge is 0.339 e. The number of aromatic carboxylic acids is 1. The van der Waals surface area contributed by atoms with Crippen molar-refractivity contribution in [3.8, 4) is 23.0 Å². The maximum absolute atomic E-state index is 12.0. The van der Waals surface area contributed by atoms with Crippen LogP contribution in [0.25, 0.3) is 6.08 Å². The van der Waals surface area contributed by atoms with E-state index in [1.54, 1.807) is 0 Å². The van der Waals surface area contributed by atoms with Crippen molar-refractivity contribution in [1.29, 1.82) is 0 Å². The molecule has 23 heavy (non-hydrogen) atoms. The Balaban J connectivity index is 2.30. The Morgan fingerprint density at radius 1 is 0.826 bits per heavy atom. The van der Waals surface area contributed by atoms with Gasteiger partial charge in [0.1, 0.15) is 5.56 Å². The van der Waals surface area contributed by atoms with Gasteiger partial charge in [-0.2, -0.15) is 0 Å². The molecule has 118 valence electrons. The number of phenolic OH excluding ortho intramolecular Hbond substituents is 3. The summed E-state index contributed by atoms with van der Waals surface area (Å²) in [6.45, 7) is 0. The van der Waals surface area contributed by atoms with Gasteiger partial charge < -0.3 is 25.5 Å². The lowest BCUT2D eigenvalue weighted by Crippen LogP contribution is -2.01. The van der Waals surface area contributed by atoms with Crippen molar-refractivity contribution in [2.75, 3.05) is 0 Å². The molecule has 0 heterocycles. The standard InChI is InChI=1S/C16H12O7/c17-11(5-1-8-2-6-12(18)13(19)7-8)9-3-4-10(16(22)23)15(21)14(9)20/h1-7,18-21H,(H,22,23)/b5-1+. The van der Waals surface area contributed by atoms with Crippen molar-refractivity contribution in [3.05, 3.63) is 53.1 Å². The predicted octanol–water partition coefficient (Wildman–Crippen LogP) is 2.10. The number of carbonyl (C=O) groups excluding carboxylic acids is 1. The number of carbonyl (C=O) groups is 2. The molecule has 0 aliphatic carbocycles. The first-order valence-electron chi connectivity index (χ1n) is 6.34. The van der Waals surface area contributed by atoms with Gasteiger partial charge in [0.25, 0.3) is 0 Å². The summed E-state index contributed by atoms with van der Waals surface area (Å²) in [7, 11) is 0. The van der Waals surface area contributed by atoms with E-state index in [1.807, 2.05) is 0 Å². The van der Waals surface area contributed by atoms with Crippen molar-refractivity contribution in [2.24, 2.45) is 0 Å². The monoisotopic (exact) mass is 316 g/mol. The molecule has 7 nitrogen and oxygen atoms in total. The summed E-state index contributed by atoms with van der Waals surface area (Å²) in [5.74, 6) is -4.49. The highest BCUT2D eigenvalue weighted by Gasteiger charge is 2.19. The van der Waals surface area contributed by atoms with E-state index in [0.29, 0.717) is 5.56 Å². The van der Waals surface area contributed by atoms with Crippen molar-refractivity contribution in [1.82, 2.24) is 0 Å². The largest absolute Gasteiger partial charge is 0.504 e. The van der Waals surface area contributed by atoms with Crippen LogP contribution < -0.4 is 0 Å². The third kappa shape index (κ3) is 3.24. The first-order valence-corrected chi connectivity index (χ1v) is 6.34. The second-order valence-electron chi connectivity index (χ2n) is 4.61. The van der Waals surface area contributed by atoms with Crippen LogP contribution in [-0.4, -0.2) is 37.3 Å². The van der Waals surface area contributed by atoms with E-state index in [9.17, 15) is 30.0 Å². The summed E-state index contributed by atoms with van der Waals surface area (Å²) in [6, 6.07) is 6.00. The average Bonchev–Trinajstić information content (AvgIpc) is 2.50. The quantitative estimate of drug-likeness (QED) is 0.331. The van der Waals surface area contributed by atoms with Crippen molar-refractivity contribution in [3.63, 3.8) is 0 Å². The molecule has 5 N–H and O–H groups in total. The van der Waals surface area contributed by atoms with Crippen LogP contribution in [-0.2, 0) is 0 Å². The molecule has 0 aromatic heterocycles. The summed E-state index contributed by atoms with van der Waals surface area (Å²) in [5, 5.41) is 46.7. The molecule has 0 bridgehead atoms. The molecule has 0 fully saturated rings. The molecule has 0 aliphatic heterocycles. The van der Waals surface area contributed by atoms with Gasteiger partial charge in [-0.05, 0) is 35.9 Å². The molecule has 0 aliphatic rings. The van der Waals surface area contributed by atoms with E-state index in [2.05, 4.69) is 0 Å². The number of carboxylic acids is 1. The van der Waals surface area contributed by atoms with Crippen LogP contribution in [0.5, 0.6) is 23.0 Å². The molecule has 2 aromatic rings. The Hall–Kier alpha value is -3.48. The lowest BCUT2D eigenvalue weighted by atomic mass is 10.0. The normalized spacial score (nSPS) is 10.8. The fourth-order valence-corrected chi connectivity index (χ4v) is 1.86. The number of benzene rings is 2. The van der Waals surface area contributed by atoms with E-state index in [-0.39, 0.29) is 17.1 Å². The van der Waals surface area contributed by atoms with E-state index in [0.717, 1.165) is 18.2 Å². The van der Waals surface area contributed by atoms with Gasteiger partial charge >= 0.3 is 5.97 Å². The summed E-state index contributed by atoms with van der Waals surface area (Å²) in [4.78, 5) is 22.8. The zero-order valence-corrected chi connectivity index (χ0v) is 11.6. The molecule has 0 amide bonds. The average molecular weight is 316 g/mol. The fourth-order valence-electron chi connectivity index (χ4n) is 1.86. The van der Waals surface area contributed by atoms with Gasteiger partial charge in [-0.15, -0.1) is 0 Å². The second kappa shape index (κ2) is 6.10. The summed E-state index contributed by atoms with van der Waals surface area (Å²) >= 11 is 0. The summed E-state index contributed by atoms with van der Waals surface area (Å²) in [5.41, 5.74) is -0.377. The molecular formula is C16H12O7. The summed E-state index contributed by atoms with van der Waals surface area (Å²) in [6.07, 6.45) is 2.39. The third-order valence-electron chi connectivity index (χ3n) is 3.07. The Morgan fingerprint density at radius 3 is 2.04 bits per heavy atom. The molecule has 0 saturated heterocycles. The lowest BCUT2D eigenvalue weighted by molar-refractivity contribution is 0.0692. The highest BCUT2D eigenvalue weighted by atomic mass is 16.4. The molecule has 0 radical (unpaired) electrons. The van der Waals surface area contributed by atoms with Gasteiger partial charge in [-0.3, -0.25) is 4.79 Å². The maximum atomic E-state index is 12.0. The van der Waals surface area contributed by atoms with Gasteiger partial charge in [0, 0.05) is 0 Å². The molecule has 0 spiro atoms. The number of allylic oxidation sites excluding steroid dienone is 1. The van der Waals surface area contributed by atoms with Crippen molar-refractivity contribution < 1.29 is 35.1 Å². The molecule has 2 rings (SSSR count). The topological polar surface area (TPSA) is 135 Å². The van der Waals surface area contributed by atoms with Gasteiger partial charge in [-0.1, -0.05) is 12.1 Å². The van der Waals surface area contributed by atoms with Crippen LogP contribution in [0, 0.1) is 0 Å².